The minimum Gasteiger partial charge on any atom is -0.393 e. The molecule has 0 aliphatic carbocycles. The molecule has 0 bridgehead atoms. The first-order valence-corrected chi connectivity index (χ1v) is 8.38. The summed E-state index contributed by atoms with van der Waals surface area (Å²) in [6, 6.07) is 8.94. The molecule has 3 rings (SSSR count). The number of anilines is 3. The van der Waals surface area contributed by atoms with Gasteiger partial charge in [-0.15, -0.1) is 0 Å². The molecule has 2 heterocycles. The van der Waals surface area contributed by atoms with Gasteiger partial charge in [0.05, 0.1) is 0 Å². The van der Waals surface area contributed by atoms with E-state index in [4.69, 9.17) is 5.73 Å². The van der Waals surface area contributed by atoms with Gasteiger partial charge in [0.15, 0.2) is 11.6 Å². The number of piperazine rings is 1. The Labute approximate surface area is 147 Å². The lowest BCUT2D eigenvalue weighted by Crippen LogP contribution is -2.46. The van der Waals surface area contributed by atoms with E-state index in [-0.39, 0.29) is 5.91 Å². The number of nitrogens with two attached hydrogens (primary N) is 1. The van der Waals surface area contributed by atoms with Gasteiger partial charge < -0.3 is 15.5 Å². The van der Waals surface area contributed by atoms with Gasteiger partial charge in [-0.2, -0.15) is 0 Å². The molecule has 0 radical (unpaired) electrons. The number of carbonyl (C=O) groups excluding carboxylic acids is 1. The fraction of sp³-hybridized carbons (Fsp3) is 0.353. The molecule has 4 N–H and O–H groups in total. The third-order valence-corrected chi connectivity index (χ3v) is 4.31. The van der Waals surface area contributed by atoms with Crippen molar-refractivity contribution in [3.8, 4) is 0 Å². The Morgan fingerprint density at radius 3 is 2.56 bits per heavy atom. The van der Waals surface area contributed by atoms with Crippen LogP contribution < -0.4 is 21.5 Å². The number of nitrogens with one attached hydrogen (secondary N) is 2. The van der Waals surface area contributed by atoms with Crippen LogP contribution in [0.4, 0.5) is 17.3 Å². The third kappa shape index (κ3) is 3.97. The number of amides is 1. The fourth-order valence-electron chi connectivity index (χ4n) is 2.79. The van der Waals surface area contributed by atoms with E-state index in [1.807, 2.05) is 18.2 Å². The van der Waals surface area contributed by atoms with Gasteiger partial charge in [-0.3, -0.25) is 15.6 Å². The molecule has 1 fully saturated rings. The van der Waals surface area contributed by atoms with Crippen molar-refractivity contribution in [1.29, 1.82) is 0 Å². The second kappa shape index (κ2) is 7.80. The Morgan fingerprint density at radius 2 is 1.88 bits per heavy atom. The standard InChI is InChI=1S/C17H23N7O/c1-2-23-8-10-24(11-9-23)16-14(18)15(19-12-20-16)21-22-17(25)13-6-4-3-5-7-13/h3-7,12H,2,8-11,18H2,1H3,(H,22,25)(H,19,20,21). The first kappa shape index (κ1) is 17.0. The van der Waals surface area contributed by atoms with Crippen molar-refractivity contribution in [3.05, 3.63) is 42.2 Å². The average Bonchev–Trinajstić information content (AvgIpc) is 2.68. The average molecular weight is 341 g/mol. The molecule has 1 aliphatic heterocycles. The molecule has 1 aliphatic rings. The molecule has 1 saturated heterocycles. The maximum Gasteiger partial charge on any atom is 0.269 e. The molecule has 132 valence electrons. The van der Waals surface area contributed by atoms with Gasteiger partial charge in [-0.25, -0.2) is 9.97 Å². The summed E-state index contributed by atoms with van der Waals surface area (Å²) in [6.45, 7) is 6.90. The van der Waals surface area contributed by atoms with Gasteiger partial charge in [-0.1, -0.05) is 25.1 Å². The predicted octanol–water partition coefficient (Wildman–Crippen LogP) is 0.958. The predicted molar refractivity (Wildman–Crippen MR) is 98.3 cm³/mol. The zero-order valence-electron chi connectivity index (χ0n) is 14.3. The van der Waals surface area contributed by atoms with Crippen molar-refractivity contribution in [2.75, 3.05) is 48.8 Å². The third-order valence-electron chi connectivity index (χ3n) is 4.31. The van der Waals surface area contributed by atoms with E-state index in [1.165, 1.54) is 6.33 Å². The Morgan fingerprint density at radius 1 is 1.16 bits per heavy atom. The maximum atomic E-state index is 12.1. The quantitative estimate of drug-likeness (QED) is 0.697. The Bertz CT molecular complexity index is 714. The van der Waals surface area contributed by atoms with Crippen molar-refractivity contribution in [3.63, 3.8) is 0 Å². The van der Waals surface area contributed by atoms with Crippen molar-refractivity contribution in [2.45, 2.75) is 6.92 Å². The first-order chi connectivity index (χ1) is 12.2. The van der Waals surface area contributed by atoms with Crippen LogP contribution in [0, 0.1) is 0 Å². The van der Waals surface area contributed by atoms with E-state index in [2.05, 4.69) is 37.5 Å². The van der Waals surface area contributed by atoms with E-state index < -0.39 is 0 Å². The van der Waals surface area contributed by atoms with Crippen LogP contribution in [-0.2, 0) is 0 Å². The molecule has 8 nitrogen and oxygen atoms in total. The van der Waals surface area contributed by atoms with Crippen LogP contribution in [0.1, 0.15) is 17.3 Å². The summed E-state index contributed by atoms with van der Waals surface area (Å²) < 4.78 is 0. The Balaban J connectivity index is 1.66. The highest BCUT2D eigenvalue weighted by Gasteiger charge is 2.20. The van der Waals surface area contributed by atoms with Crippen LogP contribution in [0.15, 0.2) is 36.7 Å². The molecule has 1 aromatic carbocycles. The van der Waals surface area contributed by atoms with Crippen molar-refractivity contribution >= 4 is 23.2 Å². The summed E-state index contributed by atoms with van der Waals surface area (Å²) in [4.78, 5) is 25.1. The van der Waals surface area contributed by atoms with Gasteiger partial charge in [0.25, 0.3) is 5.91 Å². The number of rotatable bonds is 5. The summed E-state index contributed by atoms with van der Waals surface area (Å²) in [5.41, 5.74) is 12.6. The largest absolute Gasteiger partial charge is 0.393 e. The molecule has 1 aromatic heterocycles. The monoisotopic (exact) mass is 341 g/mol. The van der Waals surface area contributed by atoms with Crippen molar-refractivity contribution in [2.24, 2.45) is 0 Å². The molecule has 0 saturated carbocycles. The molecular weight excluding hydrogens is 318 g/mol. The first-order valence-electron chi connectivity index (χ1n) is 8.38. The molecular formula is C17H23N7O. The number of hydrogen-bond acceptors (Lipinski definition) is 7. The lowest BCUT2D eigenvalue weighted by Gasteiger charge is -2.35. The second-order valence-electron chi connectivity index (χ2n) is 5.83. The van der Waals surface area contributed by atoms with Crippen LogP contribution in [0.2, 0.25) is 0 Å². The lowest BCUT2D eigenvalue weighted by atomic mass is 10.2. The van der Waals surface area contributed by atoms with Gasteiger partial charge >= 0.3 is 0 Å². The number of hydrogen-bond donors (Lipinski definition) is 3. The SMILES string of the molecule is CCN1CCN(c2ncnc(NNC(=O)c3ccccc3)c2N)CC1. The van der Waals surface area contributed by atoms with Gasteiger partial charge in [0.2, 0.25) is 0 Å². The zero-order chi connectivity index (χ0) is 17.6. The van der Waals surface area contributed by atoms with Gasteiger partial charge in [0.1, 0.15) is 12.0 Å². The van der Waals surface area contributed by atoms with Crippen molar-refractivity contribution in [1.82, 2.24) is 20.3 Å². The summed E-state index contributed by atoms with van der Waals surface area (Å²) in [5.74, 6) is 0.839. The normalized spacial score (nSPS) is 15.0. The molecule has 1 amide bonds. The van der Waals surface area contributed by atoms with E-state index in [0.29, 0.717) is 22.9 Å². The van der Waals surface area contributed by atoms with E-state index in [1.54, 1.807) is 12.1 Å². The van der Waals surface area contributed by atoms with E-state index in [0.717, 1.165) is 32.7 Å². The molecule has 25 heavy (non-hydrogen) atoms. The number of likely N-dealkylation sites (N-methyl/N-ethyl adjacent to an activating group) is 1. The minimum atomic E-state index is -0.253. The number of benzene rings is 1. The topological polar surface area (TPSA) is 99.4 Å². The van der Waals surface area contributed by atoms with Crippen LogP contribution in [0.3, 0.4) is 0 Å². The highest BCUT2D eigenvalue weighted by molar-refractivity contribution is 5.95. The number of nitrogen functional groups attached to an aromatic ring is 1. The van der Waals surface area contributed by atoms with Gasteiger partial charge in [-0.05, 0) is 18.7 Å². The fourth-order valence-corrected chi connectivity index (χ4v) is 2.79. The Kier molecular flexibility index (Phi) is 5.30. The van der Waals surface area contributed by atoms with E-state index in [9.17, 15) is 4.79 Å². The highest BCUT2D eigenvalue weighted by Crippen LogP contribution is 2.26. The van der Waals surface area contributed by atoms with Crippen molar-refractivity contribution < 1.29 is 4.79 Å². The second-order valence-corrected chi connectivity index (χ2v) is 5.83. The molecule has 0 unspecified atom stereocenters. The molecule has 2 aromatic rings. The van der Waals surface area contributed by atoms with Crippen LogP contribution in [0.5, 0.6) is 0 Å². The number of aromatic nitrogens is 2. The summed E-state index contributed by atoms with van der Waals surface area (Å²) in [5, 5.41) is 0. The van der Waals surface area contributed by atoms with Crippen LogP contribution in [-0.4, -0.2) is 53.5 Å². The van der Waals surface area contributed by atoms with Crippen LogP contribution in [0.25, 0.3) is 0 Å². The number of carbonyl (C=O) groups is 1. The number of hydrazine groups is 1. The van der Waals surface area contributed by atoms with Gasteiger partial charge in [0, 0.05) is 31.7 Å². The molecule has 0 atom stereocenters. The summed E-state index contributed by atoms with van der Waals surface area (Å²) in [6.07, 6.45) is 1.45. The van der Waals surface area contributed by atoms with Crippen LogP contribution >= 0.6 is 0 Å². The molecule has 8 heteroatoms. The smallest absolute Gasteiger partial charge is 0.269 e. The van der Waals surface area contributed by atoms with E-state index >= 15 is 0 Å². The Hall–Kier alpha value is -2.87. The summed E-state index contributed by atoms with van der Waals surface area (Å²) >= 11 is 0. The minimum absolute atomic E-state index is 0.253. The summed E-state index contributed by atoms with van der Waals surface area (Å²) in [7, 11) is 0. The number of nitrogens with zero attached hydrogens (tertiary/aromatic N) is 4. The molecule has 0 spiro atoms. The maximum absolute atomic E-state index is 12.1. The zero-order valence-corrected chi connectivity index (χ0v) is 14.3. The highest BCUT2D eigenvalue weighted by atomic mass is 16.2. The lowest BCUT2D eigenvalue weighted by molar-refractivity contribution is 0.0962.